The molecule has 0 N–H and O–H groups in total. The van der Waals surface area contributed by atoms with Crippen molar-refractivity contribution in [1.82, 2.24) is 4.90 Å². The van der Waals surface area contributed by atoms with E-state index in [1.54, 1.807) is 38.3 Å². The van der Waals surface area contributed by atoms with Gasteiger partial charge in [-0.15, -0.1) is 0 Å². The smallest absolute Gasteiger partial charge is 0.417 e. The number of amides is 2. The normalized spacial score (nSPS) is 18.0. The fourth-order valence-electron chi connectivity index (χ4n) is 3.24. The van der Waals surface area contributed by atoms with Crippen LogP contribution in [0.5, 0.6) is 5.75 Å². The highest BCUT2D eigenvalue weighted by Gasteiger charge is 2.42. The van der Waals surface area contributed by atoms with E-state index in [-0.39, 0.29) is 6.61 Å². The summed E-state index contributed by atoms with van der Waals surface area (Å²) in [6, 6.07) is 14.6. The molecule has 0 radical (unpaired) electrons. The van der Waals surface area contributed by atoms with Gasteiger partial charge in [-0.25, -0.2) is 9.69 Å². The summed E-state index contributed by atoms with van der Waals surface area (Å²) in [5.41, 5.74) is 10.6. The van der Waals surface area contributed by atoms with E-state index in [0.717, 1.165) is 16.0 Å². The molecule has 1 heterocycles. The van der Waals surface area contributed by atoms with Gasteiger partial charge >= 0.3 is 6.09 Å². The third-order valence-corrected chi connectivity index (χ3v) is 4.84. The van der Waals surface area contributed by atoms with Crippen LogP contribution in [0.4, 0.5) is 4.79 Å². The molecule has 2 aromatic carbocycles. The number of rotatable bonds is 6. The van der Waals surface area contributed by atoms with Crippen molar-refractivity contribution in [2.24, 2.45) is 5.11 Å². The first kappa shape index (κ1) is 19.3. The first-order valence-electron chi connectivity index (χ1n) is 8.79. The van der Waals surface area contributed by atoms with E-state index in [1.165, 1.54) is 0 Å². The van der Waals surface area contributed by atoms with Crippen molar-refractivity contribution in [1.29, 1.82) is 0 Å². The fraction of sp³-hybridized carbons (Fsp3) is 0.300. The van der Waals surface area contributed by atoms with E-state index in [9.17, 15) is 9.59 Å². The maximum Gasteiger partial charge on any atom is 0.417 e. The topological polar surface area (TPSA) is 105 Å². The average molecular weight is 380 g/mol. The lowest BCUT2D eigenvalue weighted by molar-refractivity contribution is -0.131. The molecule has 3 atom stereocenters. The summed E-state index contributed by atoms with van der Waals surface area (Å²) in [5, 5.41) is 3.70. The quantitative estimate of drug-likeness (QED) is 0.425. The largest absolute Gasteiger partial charge is 0.497 e. The van der Waals surface area contributed by atoms with Crippen molar-refractivity contribution in [3.05, 3.63) is 76.2 Å². The molecule has 0 aliphatic carbocycles. The molecule has 1 fully saturated rings. The Morgan fingerprint density at radius 2 is 1.93 bits per heavy atom. The molecule has 1 saturated heterocycles. The van der Waals surface area contributed by atoms with Crippen LogP contribution in [0.15, 0.2) is 59.7 Å². The predicted molar refractivity (Wildman–Crippen MR) is 102 cm³/mol. The number of cyclic esters (lactones) is 1. The minimum absolute atomic E-state index is 0.0640. The molecule has 0 bridgehead atoms. The number of hydrogen-bond donors (Lipinski definition) is 0. The van der Waals surface area contributed by atoms with E-state index in [0.29, 0.717) is 5.75 Å². The number of benzene rings is 2. The van der Waals surface area contributed by atoms with Gasteiger partial charge in [0.2, 0.25) is 5.91 Å². The minimum atomic E-state index is -1.09. The zero-order valence-electron chi connectivity index (χ0n) is 15.6. The molecule has 3 rings (SSSR count). The maximum absolute atomic E-state index is 13.2. The Balaban J connectivity index is 1.90. The highest BCUT2D eigenvalue weighted by molar-refractivity contribution is 5.97. The molecule has 1 aliphatic rings. The first-order valence-corrected chi connectivity index (χ1v) is 8.79. The Morgan fingerprint density at radius 1 is 1.25 bits per heavy atom. The van der Waals surface area contributed by atoms with E-state index in [1.807, 2.05) is 30.3 Å². The molecular formula is C20H20N4O4. The molecular weight excluding hydrogens is 360 g/mol. The van der Waals surface area contributed by atoms with Crippen molar-refractivity contribution in [2.75, 3.05) is 13.7 Å². The number of ether oxygens (including phenoxy) is 2. The Hall–Kier alpha value is -3.51. The standard InChI is InChI=1S/C20H20N4O4/c1-13(14-8-10-16(27-2)11-9-14)18(22-23-21)19(25)24-17(12-28-20(24)26)15-6-4-3-5-7-15/h3-11,13,17-18H,12H2,1-2H3/t13-,17-,18-/m1/s1. The number of methoxy groups -OCH3 is 1. The lowest BCUT2D eigenvalue weighted by Crippen LogP contribution is -2.42. The second-order valence-corrected chi connectivity index (χ2v) is 6.42. The molecule has 0 saturated carbocycles. The van der Waals surface area contributed by atoms with Crippen molar-refractivity contribution in [3.8, 4) is 5.75 Å². The van der Waals surface area contributed by atoms with Crippen molar-refractivity contribution in [2.45, 2.75) is 24.9 Å². The van der Waals surface area contributed by atoms with Gasteiger partial charge in [-0.2, -0.15) is 0 Å². The number of azide groups is 1. The monoisotopic (exact) mass is 380 g/mol. The van der Waals surface area contributed by atoms with E-state index >= 15 is 0 Å². The number of carbonyl (C=O) groups excluding carboxylic acids is 2. The summed E-state index contributed by atoms with van der Waals surface area (Å²) in [6.07, 6.45) is -0.737. The zero-order valence-corrected chi connectivity index (χ0v) is 15.6. The van der Waals surface area contributed by atoms with Crippen LogP contribution >= 0.6 is 0 Å². The van der Waals surface area contributed by atoms with Crippen molar-refractivity contribution in [3.63, 3.8) is 0 Å². The van der Waals surface area contributed by atoms with Crippen LogP contribution in [0.1, 0.15) is 30.0 Å². The van der Waals surface area contributed by atoms with Crippen LogP contribution in [-0.4, -0.2) is 36.7 Å². The van der Waals surface area contributed by atoms with Crippen molar-refractivity contribution >= 4 is 12.0 Å². The van der Waals surface area contributed by atoms with Gasteiger partial charge in [0.25, 0.3) is 0 Å². The third-order valence-electron chi connectivity index (χ3n) is 4.84. The van der Waals surface area contributed by atoms with Crippen LogP contribution in [-0.2, 0) is 9.53 Å². The molecule has 8 nitrogen and oxygen atoms in total. The van der Waals surface area contributed by atoms with Gasteiger partial charge in [-0.1, -0.05) is 54.5 Å². The summed E-state index contributed by atoms with van der Waals surface area (Å²) in [5.74, 6) is -0.355. The van der Waals surface area contributed by atoms with Crippen LogP contribution in [0.3, 0.4) is 0 Å². The number of nitrogens with zero attached hydrogens (tertiary/aromatic N) is 4. The number of carbonyl (C=O) groups is 2. The second-order valence-electron chi connectivity index (χ2n) is 6.42. The molecule has 2 aromatic rings. The van der Waals surface area contributed by atoms with Gasteiger partial charge in [0.1, 0.15) is 24.4 Å². The van der Waals surface area contributed by atoms with Gasteiger partial charge in [0.05, 0.1) is 7.11 Å². The van der Waals surface area contributed by atoms with Gasteiger partial charge in [0, 0.05) is 4.91 Å². The Labute approximate surface area is 162 Å². The molecule has 0 unspecified atom stereocenters. The zero-order chi connectivity index (χ0) is 20.1. The Bertz CT molecular complexity index is 894. The predicted octanol–water partition coefficient (Wildman–Crippen LogP) is 4.20. The third kappa shape index (κ3) is 3.77. The number of hydrogen-bond acceptors (Lipinski definition) is 5. The fourth-order valence-corrected chi connectivity index (χ4v) is 3.24. The molecule has 144 valence electrons. The molecule has 1 aliphatic heterocycles. The van der Waals surface area contributed by atoms with Gasteiger partial charge in [0.15, 0.2) is 0 Å². The van der Waals surface area contributed by atoms with Gasteiger partial charge in [-0.3, -0.25) is 4.79 Å². The highest BCUT2D eigenvalue weighted by Crippen LogP contribution is 2.32. The van der Waals surface area contributed by atoms with E-state index < -0.39 is 30.0 Å². The maximum atomic E-state index is 13.2. The van der Waals surface area contributed by atoms with E-state index in [2.05, 4.69) is 10.0 Å². The van der Waals surface area contributed by atoms with Crippen LogP contribution in [0.25, 0.3) is 10.4 Å². The summed E-state index contributed by atoms with van der Waals surface area (Å²) < 4.78 is 10.3. The Morgan fingerprint density at radius 3 is 2.54 bits per heavy atom. The van der Waals surface area contributed by atoms with Crippen molar-refractivity contribution < 1.29 is 19.1 Å². The second kappa shape index (κ2) is 8.45. The minimum Gasteiger partial charge on any atom is -0.497 e. The van der Waals surface area contributed by atoms with Gasteiger partial charge < -0.3 is 9.47 Å². The van der Waals surface area contributed by atoms with Crippen LogP contribution < -0.4 is 4.74 Å². The number of imide groups is 1. The Kier molecular flexibility index (Phi) is 5.81. The summed E-state index contributed by atoms with van der Waals surface area (Å²) in [6.45, 7) is 1.84. The first-order chi connectivity index (χ1) is 13.6. The summed E-state index contributed by atoms with van der Waals surface area (Å²) >= 11 is 0. The van der Waals surface area contributed by atoms with Crippen LogP contribution in [0.2, 0.25) is 0 Å². The molecule has 0 spiro atoms. The molecule has 8 heteroatoms. The summed E-state index contributed by atoms with van der Waals surface area (Å²) in [4.78, 5) is 29.4. The highest BCUT2D eigenvalue weighted by atomic mass is 16.6. The molecule has 28 heavy (non-hydrogen) atoms. The average Bonchev–Trinajstić information content (AvgIpc) is 3.13. The van der Waals surface area contributed by atoms with Crippen LogP contribution in [0, 0.1) is 0 Å². The SMILES string of the molecule is COc1ccc([C@@H](C)[C@@H](N=[N+]=[N-])C(=O)N2C(=O)OC[C@@H]2c2ccccc2)cc1. The summed E-state index contributed by atoms with van der Waals surface area (Å²) in [7, 11) is 1.56. The van der Waals surface area contributed by atoms with E-state index in [4.69, 9.17) is 15.0 Å². The lowest BCUT2D eigenvalue weighted by atomic mass is 9.92. The lowest BCUT2D eigenvalue weighted by Gasteiger charge is -2.26. The molecule has 2 amide bonds. The molecule has 0 aromatic heterocycles. The van der Waals surface area contributed by atoms with Gasteiger partial charge in [-0.05, 0) is 34.7 Å².